The number of pyridine rings is 1. The van der Waals surface area contributed by atoms with Gasteiger partial charge in [-0.3, -0.25) is 23.5 Å². The largest absolute Gasteiger partial charge is 0.417 e. The number of aromatic nitrogens is 5. The minimum atomic E-state index is -4.74. The van der Waals surface area contributed by atoms with Crippen molar-refractivity contribution < 1.29 is 13.2 Å². The molecular formula is C20H23F3N6O2. The highest BCUT2D eigenvalue weighted by molar-refractivity contribution is 5.79. The molecule has 0 radical (unpaired) electrons. The molecule has 3 aromatic heterocycles. The van der Waals surface area contributed by atoms with E-state index >= 15 is 0 Å². The maximum absolute atomic E-state index is 13.8. The summed E-state index contributed by atoms with van der Waals surface area (Å²) >= 11 is 0. The molecule has 3 aromatic rings. The van der Waals surface area contributed by atoms with Crippen molar-refractivity contribution in [3.05, 3.63) is 56.1 Å². The van der Waals surface area contributed by atoms with Crippen LogP contribution in [0.1, 0.15) is 35.7 Å². The smallest absolute Gasteiger partial charge is 0.297 e. The molecule has 4 heterocycles. The number of hydrogen-bond acceptors (Lipinski definition) is 5. The van der Waals surface area contributed by atoms with E-state index < -0.39 is 28.4 Å². The summed E-state index contributed by atoms with van der Waals surface area (Å²) in [5.41, 5.74) is -1.64. The van der Waals surface area contributed by atoms with E-state index in [9.17, 15) is 22.8 Å². The van der Waals surface area contributed by atoms with Crippen molar-refractivity contribution in [2.75, 3.05) is 13.1 Å². The predicted molar refractivity (Wildman–Crippen MR) is 108 cm³/mol. The van der Waals surface area contributed by atoms with Gasteiger partial charge in [-0.2, -0.15) is 18.3 Å². The molecule has 0 atom stereocenters. The number of rotatable bonds is 3. The second-order valence-corrected chi connectivity index (χ2v) is 7.99. The summed E-state index contributed by atoms with van der Waals surface area (Å²) < 4.78 is 45.0. The standard InChI is InChI=1S/C20H23F3N6O2/c1-26-17-16(18(30)27(2)19(26)31)14(20(21,22)23)10-15(25-17)12-5-8-29(9-6-12)11-13-4-7-24-28(13)3/h4,7,10,12H,5-6,8-9,11H2,1-3H3. The number of likely N-dealkylation sites (tertiary alicyclic amines) is 1. The number of halogens is 3. The Kier molecular flexibility index (Phi) is 5.24. The van der Waals surface area contributed by atoms with Crippen LogP contribution in [0.25, 0.3) is 11.0 Å². The summed E-state index contributed by atoms with van der Waals surface area (Å²) in [6.45, 7) is 2.12. The molecule has 8 nitrogen and oxygen atoms in total. The molecule has 0 aromatic carbocycles. The van der Waals surface area contributed by atoms with Gasteiger partial charge in [0.2, 0.25) is 0 Å². The molecular weight excluding hydrogens is 413 g/mol. The first kappa shape index (κ1) is 21.3. The fourth-order valence-electron chi connectivity index (χ4n) is 4.18. The maximum atomic E-state index is 13.8. The molecule has 0 bridgehead atoms. The summed E-state index contributed by atoms with van der Waals surface area (Å²) in [5.74, 6) is -0.188. The lowest BCUT2D eigenvalue weighted by atomic mass is 9.91. The minimum absolute atomic E-state index is 0.188. The van der Waals surface area contributed by atoms with Crippen LogP contribution in [0.15, 0.2) is 27.9 Å². The molecule has 0 saturated carbocycles. The number of aryl methyl sites for hydroxylation is 2. The Hall–Kier alpha value is -2.95. The molecule has 0 amide bonds. The van der Waals surface area contributed by atoms with Gasteiger partial charge in [-0.05, 0) is 38.1 Å². The third kappa shape index (κ3) is 3.78. The van der Waals surface area contributed by atoms with Crippen molar-refractivity contribution in [3.63, 3.8) is 0 Å². The molecule has 1 aliphatic rings. The quantitative estimate of drug-likeness (QED) is 0.625. The summed E-state index contributed by atoms with van der Waals surface area (Å²) in [5, 5.41) is 3.58. The molecule has 4 rings (SSSR count). The van der Waals surface area contributed by atoms with Crippen molar-refractivity contribution in [1.82, 2.24) is 28.8 Å². The molecule has 11 heteroatoms. The van der Waals surface area contributed by atoms with Crippen LogP contribution in [0.3, 0.4) is 0 Å². The van der Waals surface area contributed by atoms with Gasteiger partial charge >= 0.3 is 11.9 Å². The normalized spacial score (nSPS) is 16.3. The van der Waals surface area contributed by atoms with Gasteiger partial charge < -0.3 is 0 Å². The first-order valence-electron chi connectivity index (χ1n) is 9.95. The van der Waals surface area contributed by atoms with Crippen molar-refractivity contribution in [3.8, 4) is 0 Å². The molecule has 0 unspecified atom stereocenters. The van der Waals surface area contributed by atoms with Crippen LogP contribution >= 0.6 is 0 Å². The van der Waals surface area contributed by atoms with Crippen LogP contribution in [0.5, 0.6) is 0 Å². The zero-order valence-corrected chi connectivity index (χ0v) is 17.5. The van der Waals surface area contributed by atoms with E-state index in [0.717, 1.165) is 23.4 Å². The second kappa shape index (κ2) is 7.63. The molecule has 166 valence electrons. The lowest BCUT2D eigenvalue weighted by molar-refractivity contribution is -0.136. The third-order valence-corrected chi connectivity index (χ3v) is 6.05. The fraction of sp³-hybridized carbons (Fsp3) is 0.500. The van der Waals surface area contributed by atoms with Crippen LogP contribution in [0, 0.1) is 0 Å². The number of fused-ring (bicyclic) bond motifs is 1. The number of nitrogens with zero attached hydrogens (tertiary/aromatic N) is 6. The molecule has 1 aliphatic heterocycles. The Bertz CT molecular complexity index is 1250. The van der Waals surface area contributed by atoms with E-state index in [2.05, 4.69) is 15.0 Å². The van der Waals surface area contributed by atoms with Crippen molar-refractivity contribution in [2.45, 2.75) is 31.5 Å². The van der Waals surface area contributed by atoms with Gasteiger partial charge in [0.05, 0.1) is 16.6 Å². The molecule has 1 saturated heterocycles. The van der Waals surface area contributed by atoms with Crippen LogP contribution in [-0.4, -0.2) is 41.9 Å². The summed E-state index contributed by atoms with van der Waals surface area (Å²) in [6.07, 6.45) is -1.74. The predicted octanol–water partition coefficient (Wildman–Crippen LogP) is 1.76. The molecule has 1 fully saturated rings. The van der Waals surface area contributed by atoms with Crippen molar-refractivity contribution in [1.29, 1.82) is 0 Å². The SMILES string of the molecule is Cn1nccc1CN1CCC(c2cc(C(F)(F)F)c3c(=O)n(C)c(=O)n(C)c3n2)CC1. The Morgan fingerprint density at radius 2 is 1.77 bits per heavy atom. The average Bonchev–Trinajstić information content (AvgIpc) is 3.14. The van der Waals surface area contributed by atoms with E-state index in [0.29, 0.717) is 37.0 Å². The van der Waals surface area contributed by atoms with Gasteiger partial charge in [0.1, 0.15) is 5.65 Å². The van der Waals surface area contributed by atoms with E-state index in [4.69, 9.17) is 0 Å². The van der Waals surface area contributed by atoms with Gasteiger partial charge in [-0.1, -0.05) is 0 Å². The molecule has 31 heavy (non-hydrogen) atoms. The zero-order chi connectivity index (χ0) is 22.5. The van der Waals surface area contributed by atoms with E-state index in [1.807, 2.05) is 13.1 Å². The Labute approximate surface area is 175 Å². The van der Waals surface area contributed by atoms with E-state index in [1.54, 1.807) is 10.9 Å². The Morgan fingerprint density at radius 3 is 2.35 bits per heavy atom. The fourth-order valence-corrected chi connectivity index (χ4v) is 4.18. The molecule has 0 N–H and O–H groups in total. The summed E-state index contributed by atoms with van der Waals surface area (Å²) in [7, 11) is 4.36. The van der Waals surface area contributed by atoms with E-state index in [-0.39, 0.29) is 17.3 Å². The topological polar surface area (TPSA) is 78.0 Å². The van der Waals surface area contributed by atoms with Gasteiger partial charge in [0, 0.05) is 45.5 Å². The lowest BCUT2D eigenvalue weighted by Crippen LogP contribution is -2.38. The second-order valence-electron chi connectivity index (χ2n) is 7.99. The van der Waals surface area contributed by atoms with Gasteiger partial charge in [0.15, 0.2) is 0 Å². The average molecular weight is 436 g/mol. The van der Waals surface area contributed by atoms with Crippen LogP contribution in [0.4, 0.5) is 13.2 Å². The number of alkyl halides is 3. The van der Waals surface area contributed by atoms with Gasteiger partial charge in [-0.15, -0.1) is 0 Å². The van der Waals surface area contributed by atoms with E-state index in [1.165, 1.54) is 7.05 Å². The first-order valence-corrected chi connectivity index (χ1v) is 9.95. The summed E-state index contributed by atoms with van der Waals surface area (Å²) in [4.78, 5) is 31.3. The van der Waals surface area contributed by atoms with Gasteiger partial charge in [0.25, 0.3) is 5.56 Å². The van der Waals surface area contributed by atoms with Crippen LogP contribution in [-0.2, 0) is 33.9 Å². The Morgan fingerprint density at radius 1 is 1.10 bits per heavy atom. The summed E-state index contributed by atoms with van der Waals surface area (Å²) in [6, 6.07) is 2.92. The maximum Gasteiger partial charge on any atom is 0.417 e. The molecule has 0 spiro atoms. The highest BCUT2D eigenvalue weighted by Gasteiger charge is 2.37. The number of piperidine rings is 1. The van der Waals surface area contributed by atoms with Gasteiger partial charge in [-0.25, -0.2) is 9.78 Å². The van der Waals surface area contributed by atoms with Crippen LogP contribution in [0.2, 0.25) is 0 Å². The minimum Gasteiger partial charge on any atom is -0.297 e. The van der Waals surface area contributed by atoms with Crippen molar-refractivity contribution >= 4 is 11.0 Å². The monoisotopic (exact) mass is 436 g/mol. The highest BCUT2D eigenvalue weighted by atomic mass is 19.4. The Balaban J connectivity index is 1.70. The third-order valence-electron chi connectivity index (χ3n) is 6.05. The first-order chi connectivity index (χ1) is 14.6. The highest BCUT2D eigenvalue weighted by Crippen LogP contribution is 2.36. The lowest BCUT2D eigenvalue weighted by Gasteiger charge is -2.32. The zero-order valence-electron chi connectivity index (χ0n) is 17.5. The van der Waals surface area contributed by atoms with Crippen LogP contribution < -0.4 is 11.2 Å². The van der Waals surface area contributed by atoms with Crippen molar-refractivity contribution in [2.24, 2.45) is 21.1 Å². The number of hydrogen-bond donors (Lipinski definition) is 0. The molecule has 0 aliphatic carbocycles.